The molecule has 0 aliphatic carbocycles. The van der Waals surface area contributed by atoms with Gasteiger partial charge >= 0.3 is 5.97 Å². The zero-order chi connectivity index (χ0) is 19.6. The molecule has 27 heavy (non-hydrogen) atoms. The van der Waals surface area contributed by atoms with Gasteiger partial charge in [-0.1, -0.05) is 18.2 Å². The minimum absolute atomic E-state index is 0.0430. The number of hydrogen-bond acceptors (Lipinski definition) is 5. The van der Waals surface area contributed by atoms with Gasteiger partial charge in [-0.25, -0.2) is 4.79 Å². The minimum atomic E-state index is -1.16. The number of amides is 2. The van der Waals surface area contributed by atoms with Gasteiger partial charge in [-0.05, 0) is 18.6 Å². The molecule has 0 aromatic heterocycles. The van der Waals surface area contributed by atoms with Gasteiger partial charge in [0.15, 0.2) is 0 Å². The van der Waals surface area contributed by atoms with Crippen molar-refractivity contribution in [2.24, 2.45) is 0 Å². The third-order valence-electron chi connectivity index (χ3n) is 4.55. The van der Waals surface area contributed by atoms with E-state index in [1.54, 1.807) is 35.2 Å². The summed E-state index contributed by atoms with van der Waals surface area (Å²) in [5.74, 6) is -1.75. The van der Waals surface area contributed by atoms with E-state index in [1.807, 2.05) is 0 Å². The number of carbonyl (C=O) groups excluding carboxylic acids is 2. The predicted molar refractivity (Wildman–Crippen MR) is 97.8 cm³/mol. The summed E-state index contributed by atoms with van der Waals surface area (Å²) >= 11 is 0. The molecule has 8 heteroatoms. The summed E-state index contributed by atoms with van der Waals surface area (Å²) in [6, 6.07) is 9.37. The van der Waals surface area contributed by atoms with Crippen LogP contribution in [-0.2, 0) is 9.59 Å². The average molecular weight is 372 g/mol. The number of carbonyl (C=O) groups is 3. The summed E-state index contributed by atoms with van der Waals surface area (Å²) in [6.45, 7) is 3.25. The summed E-state index contributed by atoms with van der Waals surface area (Å²) < 4.78 is 0. The fourth-order valence-corrected chi connectivity index (χ4v) is 2.94. The predicted octanol–water partition coefficient (Wildman–Crippen LogP) is 0.708. The summed E-state index contributed by atoms with van der Waals surface area (Å²) in [4.78, 5) is 39.7. The molecule has 144 valence electrons. The first-order valence-corrected chi connectivity index (χ1v) is 8.97. The van der Waals surface area contributed by atoms with Gasteiger partial charge in [0, 0.05) is 51.1 Å². The number of aliphatic carboxylic acids is 1. The maximum absolute atomic E-state index is 12.4. The monoisotopic (exact) mass is 372 g/mol. The number of hydrogen-bond donors (Lipinski definition) is 2. The second kappa shape index (κ2) is 10.3. The van der Waals surface area contributed by atoms with Crippen LogP contribution in [0.2, 0.25) is 0 Å². The molecule has 1 aromatic carbocycles. The van der Waals surface area contributed by atoms with E-state index in [2.05, 4.69) is 16.3 Å². The number of nitriles is 1. The van der Waals surface area contributed by atoms with E-state index >= 15 is 0 Å². The molecule has 1 atom stereocenters. The van der Waals surface area contributed by atoms with Crippen LogP contribution in [0.3, 0.4) is 0 Å². The highest BCUT2D eigenvalue weighted by molar-refractivity contribution is 5.96. The van der Waals surface area contributed by atoms with Gasteiger partial charge in [0.1, 0.15) is 6.04 Å². The molecular formula is C19H24N4O4. The van der Waals surface area contributed by atoms with Gasteiger partial charge in [-0.3, -0.25) is 14.5 Å². The Morgan fingerprint density at radius 2 is 1.81 bits per heavy atom. The Labute approximate surface area is 158 Å². The fourth-order valence-electron chi connectivity index (χ4n) is 2.94. The number of piperazine rings is 1. The van der Waals surface area contributed by atoms with Crippen molar-refractivity contribution < 1.29 is 19.5 Å². The Morgan fingerprint density at radius 1 is 1.15 bits per heavy atom. The van der Waals surface area contributed by atoms with Crippen LogP contribution in [0.5, 0.6) is 0 Å². The molecule has 1 saturated heterocycles. The Balaban J connectivity index is 1.80. The number of rotatable bonds is 8. The molecule has 1 aromatic rings. The Kier molecular flexibility index (Phi) is 7.77. The van der Waals surface area contributed by atoms with Gasteiger partial charge in [0.05, 0.1) is 6.07 Å². The Morgan fingerprint density at radius 3 is 2.41 bits per heavy atom. The lowest BCUT2D eigenvalue weighted by Crippen LogP contribution is -2.49. The summed E-state index contributed by atoms with van der Waals surface area (Å²) in [7, 11) is 0. The van der Waals surface area contributed by atoms with Crippen molar-refractivity contribution in [2.45, 2.75) is 25.3 Å². The first-order chi connectivity index (χ1) is 13.0. The molecule has 1 aliphatic heterocycles. The van der Waals surface area contributed by atoms with Crippen molar-refractivity contribution in [3.63, 3.8) is 0 Å². The average Bonchev–Trinajstić information content (AvgIpc) is 2.70. The van der Waals surface area contributed by atoms with Crippen LogP contribution >= 0.6 is 0 Å². The van der Waals surface area contributed by atoms with Crippen LogP contribution < -0.4 is 5.32 Å². The van der Waals surface area contributed by atoms with Crippen molar-refractivity contribution in [3.05, 3.63) is 35.9 Å². The maximum Gasteiger partial charge on any atom is 0.326 e. The standard InChI is InChI=1S/C19H24N4O4/c20-9-4-10-22-11-13-23(14-12-22)17(24)8-7-16(19(26)27)21-18(25)15-5-2-1-3-6-15/h1-3,5-6,16H,4,7-8,10-14H2,(H,21,25)(H,26,27)/t16-/m0/s1. The molecule has 0 radical (unpaired) electrons. The van der Waals surface area contributed by atoms with Crippen LogP contribution in [0, 0.1) is 11.3 Å². The molecule has 0 spiro atoms. The molecule has 2 N–H and O–H groups in total. The highest BCUT2D eigenvalue weighted by atomic mass is 16.4. The molecule has 2 amide bonds. The summed E-state index contributed by atoms with van der Waals surface area (Å²) in [5.41, 5.74) is 0.378. The molecule has 0 unspecified atom stereocenters. The highest BCUT2D eigenvalue weighted by Crippen LogP contribution is 2.08. The van der Waals surface area contributed by atoms with E-state index < -0.39 is 17.9 Å². The van der Waals surface area contributed by atoms with Gasteiger partial charge < -0.3 is 15.3 Å². The van der Waals surface area contributed by atoms with Crippen LogP contribution in [-0.4, -0.2) is 71.5 Å². The van der Waals surface area contributed by atoms with Crippen molar-refractivity contribution in [2.75, 3.05) is 32.7 Å². The lowest BCUT2D eigenvalue weighted by Gasteiger charge is -2.34. The van der Waals surface area contributed by atoms with Crippen LogP contribution in [0.25, 0.3) is 0 Å². The molecule has 8 nitrogen and oxygen atoms in total. The zero-order valence-electron chi connectivity index (χ0n) is 15.1. The topological polar surface area (TPSA) is 114 Å². The molecular weight excluding hydrogens is 348 g/mol. The first-order valence-electron chi connectivity index (χ1n) is 8.97. The van der Waals surface area contributed by atoms with E-state index in [-0.39, 0.29) is 18.7 Å². The number of carboxylic acid groups (broad SMARTS) is 1. The molecule has 0 saturated carbocycles. The first kappa shape index (κ1) is 20.4. The van der Waals surface area contributed by atoms with Gasteiger partial charge in [0.2, 0.25) is 5.91 Å². The number of nitrogens with zero attached hydrogens (tertiary/aromatic N) is 3. The van der Waals surface area contributed by atoms with E-state index in [4.69, 9.17) is 5.26 Å². The molecule has 1 fully saturated rings. The van der Waals surface area contributed by atoms with Gasteiger partial charge in [-0.15, -0.1) is 0 Å². The van der Waals surface area contributed by atoms with E-state index in [1.165, 1.54) is 0 Å². The largest absolute Gasteiger partial charge is 0.480 e. The number of benzene rings is 1. The maximum atomic E-state index is 12.4. The molecule has 0 bridgehead atoms. The Hall–Kier alpha value is -2.92. The van der Waals surface area contributed by atoms with E-state index in [0.717, 1.165) is 0 Å². The third kappa shape index (κ3) is 6.38. The van der Waals surface area contributed by atoms with Crippen LogP contribution in [0.1, 0.15) is 29.6 Å². The Bertz CT molecular complexity index is 693. The van der Waals surface area contributed by atoms with Gasteiger partial charge in [0.25, 0.3) is 5.91 Å². The van der Waals surface area contributed by atoms with E-state index in [0.29, 0.717) is 44.7 Å². The quantitative estimate of drug-likeness (QED) is 0.695. The number of nitrogens with one attached hydrogen (secondary N) is 1. The fraction of sp³-hybridized carbons (Fsp3) is 0.474. The smallest absolute Gasteiger partial charge is 0.326 e. The third-order valence-corrected chi connectivity index (χ3v) is 4.55. The molecule has 2 rings (SSSR count). The molecule has 1 heterocycles. The minimum Gasteiger partial charge on any atom is -0.480 e. The van der Waals surface area contributed by atoms with Crippen LogP contribution in [0.15, 0.2) is 30.3 Å². The van der Waals surface area contributed by atoms with Crippen molar-refractivity contribution in [1.82, 2.24) is 15.1 Å². The zero-order valence-corrected chi connectivity index (χ0v) is 15.1. The lowest BCUT2D eigenvalue weighted by atomic mass is 10.1. The second-order valence-corrected chi connectivity index (χ2v) is 6.40. The normalized spacial score (nSPS) is 15.6. The van der Waals surface area contributed by atoms with Crippen LogP contribution in [0.4, 0.5) is 0 Å². The van der Waals surface area contributed by atoms with Crippen molar-refractivity contribution in [1.29, 1.82) is 5.26 Å². The summed E-state index contributed by atoms with van der Waals surface area (Å²) in [5, 5.41) is 20.4. The van der Waals surface area contributed by atoms with Crippen molar-refractivity contribution >= 4 is 17.8 Å². The van der Waals surface area contributed by atoms with Gasteiger partial charge in [-0.2, -0.15) is 5.26 Å². The molecule has 1 aliphatic rings. The van der Waals surface area contributed by atoms with E-state index in [9.17, 15) is 19.5 Å². The second-order valence-electron chi connectivity index (χ2n) is 6.40. The lowest BCUT2D eigenvalue weighted by molar-refractivity contribution is -0.139. The highest BCUT2D eigenvalue weighted by Gasteiger charge is 2.25. The SMILES string of the molecule is N#CCCN1CCN(C(=O)CC[C@H](NC(=O)c2ccccc2)C(=O)O)CC1. The number of carboxylic acids is 1. The summed E-state index contributed by atoms with van der Waals surface area (Å²) in [6.07, 6.45) is 0.570. The van der Waals surface area contributed by atoms with Crippen molar-refractivity contribution in [3.8, 4) is 6.07 Å².